The molecule has 0 spiro atoms. The molecule has 0 amide bonds. The summed E-state index contributed by atoms with van der Waals surface area (Å²) in [6, 6.07) is 6.29. The number of halogens is 1. The van der Waals surface area contributed by atoms with Crippen molar-refractivity contribution in [2.45, 2.75) is 12.8 Å². The van der Waals surface area contributed by atoms with E-state index in [9.17, 15) is 4.39 Å². The minimum absolute atomic E-state index is 0.301. The SMILES string of the molecule is CN(C)CCCCNc1ncnc2c1cnn2-c1cccc(F)c1. The molecule has 0 aliphatic carbocycles. The zero-order valence-electron chi connectivity index (χ0n) is 13.9. The van der Waals surface area contributed by atoms with Crippen LogP contribution in [0.15, 0.2) is 36.8 Å². The van der Waals surface area contributed by atoms with Crippen LogP contribution < -0.4 is 5.32 Å². The van der Waals surface area contributed by atoms with E-state index in [1.165, 1.54) is 18.5 Å². The molecule has 0 fully saturated rings. The fourth-order valence-corrected chi connectivity index (χ4v) is 2.54. The number of hydrogen-bond donors (Lipinski definition) is 1. The number of anilines is 1. The number of unbranched alkanes of at least 4 members (excludes halogenated alkanes) is 1. The first-order valence-corrected chi connectivity index (χ1v) is 7.98. The van der Waals surface area contributed by atoms with Crippen LogP contribution in [0.1, 0.15) is 12.8 Å². The summed E-state index contributed by atoms with van der Waals surface area (Å²) in [5, 5.41) is 8.50. The Morgan fingerprint density at radius 2 is 2.08 bits per heavy atom. The Morgan fingerprint density at radius 1 is 1.21 bits per heavy atom. The Balaban J connectivity index is 1.77. The highest BCUT2D eigenvalue weighted by Gasteiger charge is 2.11. The van der Waals surface area contributed by atoms with Gasteiger partial charge in [-0.1, -0.05) is 6.07 Å². The molecule has 0 radical (unpaired) electrons. The van der Waals surface area contributed by atoms with Gasteiger partial charge in [-0.25, -0.2) is 19.0 Å². The van der Waals surface area contributed by atoms with Crippen LogP contribution in [0.4, 0.5) is 10.2 Å². The molecule has 2 aromatic heterocycles. The summed E-state index contributed by atoms with van der Waals surface area (Å²) in [6.45, 7) is 1.91. The average molecular weight is 328 g/mol. The van der Waals surface area contributed by atoms with Crippen LogP contribution in [-0.4, -0.2) is 51.8 Å². The number of nitrogens with zero attached hydrogens (tertiary/aromatic N) is 5. The molecule has 0 bridgehead atoms. The molecule has 0 aliphatic heterocycles. The van der Waals surface area contributed by atoms with Crippen molar-refractivity contribution >= 4 is 16.9 Å². The number of benzene rings is 1. The van der Waals surface area contributed by atoms with Crippen LogP contribution >= 0.6 is 0 Å². The number of hydrogen-bond acceptors (Lipinski definition) is 5. The molecule has 3 rings (SSSR count). The maximum absolute atomic E-state index is 13.4. The molecule has 3 aromatic rings. The summed E-state index contributed by atoms with van der Waals surface area (Å²) < 4.78 is 15.1. The highest BCUT2D eigenvalue weighted by Crippen LogP contribution is 2.21. The second-order valence-electron chi connectivity index (χ2n) is 5.93. The third-order valence-electron chi connectivity index (χ3n) is 3.74. The van der Waals surface area contributed by atoms with Gasteiger partial charge in [-0.05, 0) is 51.7 Å². The molecule has 0 aliphatic rings. The summed E-state index contributed by atoms with van der Waals surface area (Å²) in [6.07, 6.45) is 5.39. The van der Waals surface area contributed by atoms with Crippen LogP contribution in [0.3, 0.4) is 0 Å². The monoisotopic (exact) mass is 328 g/mol. The molecule has 2 heterocycles. The van der Waals surface area contributed by atoms with Crippen molar-refractivity contribution in [1.82, 2.24) is 24.6 Å². The predicted octanol–water partition coefficient (Wildman–Crippen LogP) is 2.71. The average Bonchev–Trinajstić information content (AvgIpc) is 2.99. The lowest BCUT2D eigenvalue weighted by Crippen LogP contribution is -2.14. The van der Waals surface area contributed by atoms with Gasteiger partial charge in [-0.2, -0.15) is 5.10 Å². The van der Waals surface area contributed by atoms with Crippen LogP contribution in [-0.2, 0) is 0 Å². The van der Waals surface area contributed by atoms with E-state index in [2.05, 4.69) is 39.4 Å². The molecule has 0 atom stereocenters. The Labute approximate surface area is 140 Å². The van der Waals surface area contributed by atoms with Gasteiger partial charge in [0, 0.05) is 6.54 Å². The molecule has 0 saturated heterocycles. The quantitative estimate of drug-likeness (QED) is 0.676. The molecule has 6 nitrogen and oxygen atoms in total. The van der Waals surface area contributed by atoms with Crippen LogP contribution in [0.25, 0.3) is 16.7 Å². The molecule has 24 heavy (non-hydrogen) atoms. The lowest BCUT2D eigenvalue weighted by Gasteiger charge is -2.10. The van der Waals surface area contributed by atoms with Gasteiger partial charge in [-0.3, -0.25) is 0 Å². The first-order valence-electron chi connectivity index (χ1n) is 7.98. The maximum Gasteiger partial charge on any atom is 0.168 e. The van der Waals surface area contributed by atoms with Gasteiger partial charge >= 0.3 is 0 Å². The fraction of sp³-hybridized carbons (Fsp3) is 0.353. The largest absolute Gasteiger partial charge is 0.369 e. The van der Waals surface area contributed by atoms with Crippen LogP contribution in [0, 0.1) is 5.82 Å². The van der Waals surface area contributed by atoms with Gasteiger partial charge in [0.15, 0.2) is 5.65 Å². The third kappa shape index (κ3) is 3.68. The normalized spacial score (nSPS) is 11.3. The van der Waals surface area contributed by atoms with Crippen molar-refractivity contribution < 1.29 is 4.39 Å². The van der Waals surface area contributed by atoms with E-state index < -0.39 is 0 Å². The van der Waals surface area contributed by atoms with Crippen molar-refractivity contribution in [2.24, 2.45) is 0 Å². The van der Waals surface area contributed by atoms with E-state index in [1.807, 2.05) is 0 Å². The van der Waals surface area contributed by atoms with Crippen molar-refractivity contribution in [3.05, 3.63) is 42.6 Å². The van der Waals surface area contributed by atoms with E-state index in [0.717, 1.165) is 37.1 Å². The smallest absolute Gasteiger partial charge is 0.168 e. The van der Waals surface area contributed by atoms with Gasteiger partial charge in [0.05, 0.1) is 17.3 Å². The van der Waals surface area contributed by atoms with Crippen molar-refractivity contribution in [1.29, 1.82) is 0 Å². The zero-order valence-corrected chi connectivity index (χ0v) is 13.9. The number of rotatable bonds is 7. The Bertz CT molecular complexity index is 814. The molecule has 126 valence electrons. The topological polar surface area (TPSA) is 58.9 Å². The number of nitrogens with one attached hydrogen (secondary N) is 1. The molecule has 1 N–H and O–H groups in total. The van der Waals surface area contributed by atoms with Crippen LogP contribution in [0.2, 0.25) is 0 Å². The minimum Gasteiger partial charge on any atom is -0.369 e. The van der Waals surface area contributed by atoms with Gasteiger partial charge in [0.1, 0.15) is 18.0 Å². The summed E-state index contributed by atoms with van der Waals surface area (Å²) in [5.41, 5.74) is 1.30. The standard InChI is InChI=1S/C17H21FN6/c1-23(2)9-4-3-8-19-16-15-11-22-24(17(15)21-12-20-16)14-7-5-6-13(18)10-14/h5-7,10-12H,3-4,8-9H2,1-2H3,(H,19,20,21). The summed E-state index contributed by atoms with van der Waals surface area (Å²) >= 11 is 0. The first kappa shape index (κ1) is 16.3. The van der Waals surface area contributed by atoms with Crippen molar-refractivity contribution in [2.75, 3.05) is 32.5 Å². The van der Waals surface area contributed by atoms with E-state index in [0.29, 0.717) is 11.3 Å². The lowest BCUT2D eigenvalue weighted by atomic mass is 10.3. The Hall–Kier alpha value is -2.54. The Kier molecular flexibility index (Phi) is 5.00. The Morgan fingerprint density at radius 3 is 2.88 bits per heavy atom. The lowest BCUT2D eigenvalue weighted by molar-refractivity contribution is 0.396. The highest BCUT2D eigenvalue weighted by atomic mass is 19.1. The molecule has 7 heteroatoms. The van der Waals surface area contributed by atoms with E-state index in [-0.39, 0.29) is 5.82 Å². The maximum atomic E-state index is 13.4. The van der Waals surface area contributed by atoms with E-state index in [1.54, 1.807) is 23.0 Å². The fourth-order valence-electron chi connectivity index (χ4n) is 2.54. The van der Waals surface area contributed by atoms with Crippen molar-refractivity contribution in [3.63, 3.8) is 0 Å². The number of fused-ring (bicyclic) bond motifs is 1. The summed E-state index contributed by atoms with van der Waals surface area (Å²) in [4.78, 5) is 10.8. The van der Waals surface area contributed by atoms with E-state index >= 15 is 0 Å². The van der Waals surface area contributed by atoms with Gasteiger partial charge in [0.2, 0.25) is 0 Å². The molecular weight excluding hydrogens is 307 g/mol. The second kappa shape index (κ2) is 7.35. The van der Waals surface area contributed by atoms with Crippen LogP contribution in [0.5, 0.6) is 0 Å². The molecule has 1 aromatic carbocycles. The van der Waals surface area contributed by atoms with E-state index in [4.69, 9.17) is 0 Å². The van der Waals surface area contributed by atoms with Gasteiger partial charge < -0.3 is 10.2 Å². The second-order valence-corrected chi connectivity index (χ2v) is 5.93. The summed E-state index contributed by atoms with van der Waals surface area (Å²) in [5.74, 6) is 0.456. The molecule has 0 saturated carbocycles. The third-order valence-corrected chi connectivity index (χ3v) is 3.74. The number of aromatic nitrogens is 4. The molecular formula is C17H21FN6. The van der Waals surface area contributed by atoms with Gasteiger partial charge in [-0.15, -0.1) is 0 Å². The minimum atomic E-state index is -0.301. The molecule has 0 unspecified atom stereocenters. The summed E-state index contributed by atoms with van der Waals surface area (Å²) in [7, 11) is 4.14. The van der Waals surface area contributed by atoms with Gasteiger partial charge in [0.25, 0.3) is 0 Å². The zero-order chi connectivity index (χ0) is 16.9. The van der Waals surface area contributed by atoms with Crippen molar-refractivity contribution in [3.8, 4) is 5.69 Å². The first-order chi connectivity index (χ1) is 11.6. The predicted molar refractivity (Wildman–Crippen MR) is 92.9 cm³/mol. The highest BCUT2D eigenvalue weighted by molar-refractivity contribution is 5.87.